The third-order valence-corrected chi connectivity index (χ3v) is 4.71. The van der Waals surface area contributed by atoms with Gasteiger partial charge in [-0.1, -0.05) is 0 Å². The van der Waals surface area contributed by atoms with E-state index in [1.807, 2.05) is 0 Å². The number of hydrogen-bond acceptors (Lipinski definition) is 3. The van der Waals surface area contributed by atoms with Crippen LogP contribution in [0.1, 0.15) is 26.2 Å². The Hall–Kier alpha value is -0.0900. The van der Waals surface area contributed by atoms with Crippen molar-refractivity contribution in [3.05, 3.63) is 0 Å². The molecule has 1 aliphatic heterocycles. The Morgan fingerprint density at radius 1 is 1.23 bits per heavy atom. The maximum Gasteiger partial charge on any atom is 0.151 e. The summed E-state index contributed by atoms with van der Waals surface area (Å²) in [5, 5.41) is 3.42. The van der Waals surface area contributed by atoms with E-state index in [4.69, 9.17) is 0 Å². The molecule has 2 rings (SSSR count). The predicted molar refractivity (Wildman–Crippen MR) is 52.4 cm³/mol. The molecule has 3 nitrogen and oxygen atoms in total. The first-order chi connectivity index (χ1) is 6.07. The lowest BCUT2D eigenvalue weighted by atomic mass is 10.1. The number of rotatable bonds is 1. The molecule has 2 atom stereocenters. The van der Waals surface area contributed by atoms with E-state index in [1.54, 1.807) is 0 Å². The largest absolute Gasteiger partial charge is 0.310 e. The molecule has 1 N–H and O–H groups in total. The molecule has 0 aromatic carbocycles. The van der Waals surface area contributed by atoms with E-state index in [9.17, 15) is 8.42 Å². The second kappa shape index (κ2) is 3.24. The average molecular weight is 203 g/mol. The maximum atomic E-state index is 11.5. The Morgan fingerprint density at radius 2 is 1.92 bits per heavy atom. The maximum absolute atomic E-state index is 11.5. The standard InChI is InChI=1S/C9H17NO2S/c1-7-4-5-13(11,12)6-9(10-7)8-2-3-8/h7-10H,2-6H2,1H3. The summed E-state index contributed by atoms with van der Waals surface area (Å²) in [6.45, 7) is 2.08. The minimum Gasteiger partial charge on any atom is -0.310 e. The van der Waals surface area contributed by atoms with Gasteiger partial charge in [0, 0.05) is 12.1 Å². The van der Waals surface area contributed by atoms with Crippen molar-refractivity contribution in [3.8, 4) is 0 Å². The molecule has 2 aliphatic rings. The van der Waals surface area contributed by atoms with Gasteiger partial charge < -0.3 is 5.32 Å². The minimum absolute atomic E-state index is 0.238. The Bertz CT molecular complexity index is 282. The summed E-state index contributed by atoms with van der Waals surface area (Å²) >= 11 is 0. The zero-order valence-electron chi connectivity index (χ0n) is 7.99. The van der Waals surface area contributed by atoms with E-state index in [1.165, 1.54) is 12.8 Å². The molecular weight excluding hydrogens is 186 g/mol. The summed E-state index contributed by atoms with van der Waals surface area (Å²) in [5.41, 5.74) is 0. The van der Waals surface area contributed by atoms with Crippen LogP contribution in [0, 0.1) is 5.92 Å². The van der Waals surface area contributed by atoms with Crippen LogP contribution in [0.4, 0.5) is 0 Å². The first kappa shape index (κ1) is 9.46. The highest BCUT2D eigenvalue weighted by Gasteiger charge is 2.36. The molecular formula is C9H17NO2S. The smallest absolute Gasteiger partial charge is 0.151 e. The van der Waals surface area contributed by atoms with Gasteiger partial charge in [-0.25, -0.2) is 8.42 Å². The molecule has 1 saturated carbocycles. The van der Waals surface area contributed by atoms with Gasteiger partial charge in [0.15, 0.2) is 9.84 Å². The molecule has 76 valence electrons. The summed E-state index contributed by atoms with van der Waals surface area (Å²) in [6.07, 6.45) is 3.19. The summed E-state index contributed by atoms with van der Waals surface area (Å²) in [4.78, 5) is 0. The SMILES string of the molecule is CC1CCS(=O)(=O)CC(C2CC2)N1. The highest BCUT2D eigenvalue weighted by atomic mass is 32.2. The summed E-state index contributed by atoms with van der Waals surface area (Å²) in [6, 6.07) is 0.602. The van der Waals surface area contributed by atoms with Crippen molar-refractivity contribution in [2.75, 3.05) is 11.5 Å². The molecule has 0 spiro atoms. The van der Waals surface area contributed by atoms with Gasteiger partial charge in [0.05, 0.1) is 11.5 Å². The topological polar surface area (TPSA) is 46.2 Å². The van der Waals surface area contributed by atoms with Crippen molar-refractivity contribution in [2.24, 2.45) is 5.92 Å². The molecule has 2 fully saturated rings. The van der Waals surface area contributed by atoms with Gasteiger partial charge in [-0.05, 0) is 32.1 Å². The first-order valence-electron chi connectivity index (χ1n) is 5.03. The molecule has 0 amide bonds. The van der Waals surface area contributed by atoms with Crippen molar-refractivity contribution >= 4 is 9.84 Å². The molecule has 2 unspecified atom stereocenters. The molecule has 1 saturated heterocycles. The number of nitrogens with one attached hydrogen (secondary N) is 1. The summed E-state index contributed by atoms with van der Waals surface area (Å²) < 4.78 is 23.0. The van der Waals surface area contributed by atoms with Crippen LogP contribution in [0.5, 0.6) is 0 Å². The zero-order chi connectivity index (χ0) is 9.47. The Kier molecular flexibility index (Phi) is 2.36. The molecule has 13 heavy (non-hydrogen) atoms. The van der Waals surface area contributed by atoms with Crippen LogP contribution >= 0.6 is 0 Å². The predicted octanol–water partition coefficient (Wildman–Crippen LogP) is 0.562. The number of sulfone groups is 1. The Labute approximate surface area is 79.8 Å². The van der Waals surface area contributed by atoms with Gasteiger partial charge in [-0.3, -0.25) is 0 Å². The minimum atomic E-state index is -2.77. The van der Waals surface area contributed by atoms with E-state index < -0.39 is 9.84 Å². The van der Waals surface area contributed by atoms with Gasteiger partial charge in [0.1, 0.15) is 0 Å². The van der Waals surface area contributed by atoms with Crippen LogP contribution in [-0.4, -0.2) is 32.0 Å². The van der Waals surface area contributed by atoms with Gasteiger partial charge in [0.25, 0.3) is 0 Å². The van der Waals surface area contributed by atoms with Crippen molar-refractivity contribution in [1.82, 2.24) is 5.32 Å². The lowest BCUT2D eigenvalue weighted by molar-refractivity contribution is 0.437. The quantitative estimate of drug-likeness (QED) is 0.677. The zero-order valence-corrected chi connectivity index (χ0v) is 8.81. The van der Waals surface area contributed by atoms with E-state index >= 15 is 0 Å². The molecule has 0 aromatic heterocycles. The fourth-order valence-electron chi connectivity index (χ4n) is 1.98. The normalized spacial score (nSPS) is 39.8. The molecule has 0 aromatic rings. The molecule has 4 heteroatoms. The van der Waals surface area contributed by atoms with Crippen molar-refractivity contribution < 1.29 is 8.42 Å². The van der Waals surface area contributed by atoms with Crippen LogP contribution in [0.15, 0.2) is 0 Å². The Morgan fingerprint density at radius 3 is 2.54 bits per heavy atom. The molecule has 0 radical (unpaired) electrons. The van der Waals surface area contributed by atoms with E-state index in [0.717, 1.165) is 6.42 Å². The lowest BCUT2D eigenvalue weighted by Crippen LogP contribution is -2.39. The van der Waals surface area contributed by atoms with Crippen LogP contribution < -0.4 is 5.32 Å². The van der Waals surface area contributed by atoms with Gasteiger partial charge in [-0.2, -0.15) is 0 Å². The summed E-state index contributed by atoms with van der Waals surface area (Å²) in [7, 11) is -2.77. The van der Waals surface area contributed by atoms with Crippen molar-refractivity contribution in [1.29, 1.82) is 0 Å². The highest BCUT2D eigenvalue weighted by molar-refractivity contribution is 7.91. The molecule has 1 heterocycles. The third kappa shape index (κ3) is 2.44. The van der Waals surface area contributed by atoms with Gasteiger partial charge in [0.2, 0.25) is 0 Å². The van der Waals surface area contributed by atoms with E-state index in [0.29, 0.717) is 23.5 Å². The van der Waals surface area contributed by atoms with Crippen LogP contribution in [0.3, 0.4) is 0 Å². The number of hydrogen-bond donors (Lipinski definition) is 1. The molecule has 0 bridgehead atoms. The van der Waals surface area contributed by atoms with Gasteiger partial charge >= 0.3 is 0 Å². The van der Waals surface area contributed by atoms with Gasteiger partial charge in [-0.15, -0.1) is 0 Å². The average Bonchev–Trinajstić information content (AvgIpc) is 2.79. The summed E-state index contributed by atoms with van der Waals surface area (Å²) in [5.74, 6) is 1.36. The monoisotopic (exact) mass is 203 g/mol. The van der Waals surface area contributed by atoms with Crippen LogP contribution in [-0.2, 0) is 9.84 Å². The fourth-order valence-corrected chi connectivity index (χ4v) is 3.78. The second-order valence-corrected chi connectivity index (χ2v) is 6.64. The van der Waals surface area contributed by atoms with E-state index in [2.05, 4.69) is 12.2 Å². The molecule has 1 aliphatic carbocycles. The van der Waals surface area contributed by atoms with Crippen LogP contribution in [0.2, 0.25) is 0 Å². The van der Waals surface area contributed by atoms with Crippen molar-refractivity contribution in [2.45, 2.75) is 38.3 Å². The second-order valence-electron chi connectivity index (χ2n) is 4.41. The first-order valence-corrected chi connectivity index (χ1v) is 6.85. The fraction of sp³-hybridized carbons (Fsp3) is 1.00. The van der Waals surface area contributed by atoms with E-state index in [-0.39, 0.29) is 6.04 Å². The lowest BCUT2D eigenvalue weighted by Gasteiger charge is -2.17. The van der Waals surface area contributed by atoms with Crippen molar-refractivity contribution in [3.63, 3.8) is 0 Å². The third-order valence-electron chi connectivity index (χ3n) is 2.98. The Balaban J connectivity index is 2.09. The highest BCUT2D eigenvalue weighted by Crippen LogP contribution is 2.34. The van der Waals surface area contributed by atoms with Crippen LogP contribution in [0.25, 0.3) is 0 Å².